The molecule has 1 aromatic carbocycles. The average molecular weight is 281 g/mol. The Morgan fingerprint density at radius 1 is 1.53 bits per heavy atom. The van der Waals surface area contributed by atoms with Crippen molar-refractivity contribution < 1.29 is 4.79 Å². The maximum atomic E-state index is 12.2. The zero-order chi connectivity index (χ0) is 13.7. The van der Waals surface area contributed by atoms with E-state index in [4.69, 9.17) is 11.6 Å². The monoisotopic (exact) mass is 280 g/mol. The molecule has 0 bridgehead atoms. The summed E-state index contributed by atoms with van der Waals surface area (Å²) in [5, 5.41) is 7.10. The van der Waals surface area contributed by atoms with Gasteiger partial charge in [0.15, 0.2) is 0 Å². The molecule has 0 radical (unpaired) electrons. The van der Waals surface area contributed by atoms with E-state index in [2.05, 4.69) is 17.6 Å². The molecule has 2 rings (SSSR count). The first-order valence-electron chi connectivity index (χ1n) is 7.00. The molecule has 2 atom stereocenters. The van der Waals surface area contributed by atoms with E-state index in [1.807, 2.05) is 24.3 Å². The van der Waals surface area contributed by atoms with Crippen LogP contribution in [-0.2, 0) is 4.79 Å². The van der Waals surface area contributed by atoms with Crippen LogP contribution in [0.15, 0.2) is 24.3 Å². The summed E-state index contributed by atoms with van der Waals surface area (Å²) < 4.78 is 0. The maximum Gasteiger partial charge on any atom is 0.237 e. The molecule has 1 aliphatic heterocycles. The molecule has 0 spiro atoms. The molecule has 1 aromatic rings. The minimum absolute atomic E-state index is 0.0370. The lowest BCUT2D eigenvalue weighted by Gasteiger charge is -2.25. The van der Waals surface area contributed by atoms with Crippen molar-refractivity contribution in [2.24, 2.45) is 0 Å². The van der Waals surface area contributed by atoms with Crippen molar-refractivity contribution in [2.45, 2.75) is 44.7 Å². The van der Waals surface area contributed by atoms with E-state index in [0.717, 1.165) is 37.8 Å². The second-order valence-electron chi connectivity index (χ2n) is 5.03. The van der Waals surface area contributed by atoms with Crippen molar-refractivity contribution in [3.05, 3.63) is 34.9 Å². The minimum atomic E-state index is -0.0398. The summed E-state index contributed by atoms with van der Waals surface area (Å²) >= 11 is 6.01. The van der Waals surface area contributed by atoms with E-state index < -0.39 is 0 Å². The summed E-state index contributed by atoms with van der Waals surface area (Å²) in [6.45, 7) is 3.01. The first-order chi connectivity index (χ1) is 9.20. The predicted octanol–water partition coefficient (Wildman–Crippen LogP) is 3.05. The normalized spacial score (nSPS) is 20.8. The van der Waals surface area contributed by atoms with Crippen molar-refractivity contribution in [1.29, 1.82) is 0 Å². The number of hydrogen-bond donors (Lipinski definition) is 2. The Bertz CT molecular complexity index is 430. The molecule has 1 saturated heterocycles. The molecule has 1 amide bonds. The number of hydrogen-bond acceptors (Lipinski definition) is 2. The molecule has 104 valence electrons. The SMILES string of the molecule is CCC(NC(=O)C1CCCCN1)c1cccc(Cl)c1. The lowest BCUT2D eigenvalue weighted by molar-refractivity contribution is -0.124. The van der Waals surface area contributed by atoms with Gasteiger partial charge in [-0.05, 0) is 43.5 Å². The second-order valence-corrected chi connectivity index (χ2v) is 5.46. The zero-order valence-corrected chi connectivity index (χ0v) is 12.0. The third-order valence-corrected chi connectivity index (χ3v) is 3.84. The third-order valence-electron chi connectivity index (χ3n) is 3.60. The van der Waals surface area contributed by atoms with Gasteiger partial charge in [-0.3, -0.25) is 4.79 Å². The summed E-state index contributed by atoms with van der Waals surface area (Å²) in [5.41, 5.74) is 1.07. The lowest BCUT2D eigenvalue weighted by atomic mass is 10.0. The highest BCUT2D eigenvalue weighted by Gasteiger charge is 2.22. The molecule has 4 heteroatoms. The van der Waals surface area contributed by atoms with Gasteiger partial charge in [-0.2, -0.15) is 0 Å². The van der Waals surface area contributed by atoms with Gasteiger partial charge in [0.05, 0.1) is 12.1 Å². The first-order valence-corrected chi connectivity index (χ1v) is 7.37. The van der Waals surface area contributed by atoms with Gasteiger partial charge < -0.3 is 10.6 Å². The van der Waals surface area contributed by atoms with Crippen LogP contribution in [0.5, 0.6) is 0 Å². The van der Waals surface area contributed by atoms with E-state index in [1.165, 1.54) is 0 Å². The average Bonchev–Trinajstić information content (AvgIpc) is 2.45. The fourth-order valence-corrected chi connectivity index (χ4v) is 2.69. The van der Waals surface area contributed by atoms with Crippen LogP contribution in [0.4, 0.5) is 0 Å². The molecular weight excluding hydrogens is 260 g/mol. The molecule has 3 nitrogen and oxygen atoms in total. The maximum absolute atomic E-state index is 12.2. The van der Waals surface area contributed by atoms with E-state index >= 15 is 0 Å². The summed E-state index contributed by atoms with van der Waals surface area (Å²) in [6.07, 6.45) is 4.07. The molecule has 1 fully saturated rings. The summed E-state index contributed by atoms with van der Waals surface area (Å²) in [7, 11) is 0. The molecule has 0 saturated carbocycles. The fourth-order valence-electron chi connectivity index (χ4n) is 2.49. The van der Waals surface area contributed by atoms with Crippen LogP contribution in [-0.4, -0.2) is 18.5 Å². The molecule has 0 aromatic heterocycles. The third kappa shape index (κ3) is 3.95. The number of benzene rings is 1. The highest BCUT2D eigenvalue weighted by atomic mass is 35.5. The van der Waals surface area contributed by atoms with Gasteiger partial charge in [0, 0.05) is 5.02 Å². The topological polar surface area (TPSA) is 41.1 Å². The van der Waals surface area contributed by atoms with Crippen LogP contribution in [0.1, 0.15) is 44.2 Å². The smallest absolute Gasteiger partial charge is 0.237 e. The Hall–Kier alpha value is -1.06. The molecule has 2 unspecified atom stereocenters. The van der Waals surface area contributed by atoms with E-state index in [9.17, 15) is 4.79 Å². The number of nitrogens with one attached hydrogen (secondary N) is 2. The number of carbonyl (C=O) groups excluding carboxylic acids is 1. The van der Waals surface area contributed by atoms with E-state index in [-0.39, 0.29) is 18.0 Å². The van der Waals surface area contributed by atoms with Crippen molar-refractivity contribution in [3.63, 3.8) is 0 Å². The Balaban J connectivity index is 2.00. The molecule has 0 aliphatic carbocycles. The molecular formula is C15H21ClN2O. The largest absolute Gasteiger partial charge is 0.348 e. The Kier molecular flexibility index (Phi) is 5.23. The first kappa shape index (κ1) is 14.4. The summed E-state index contributed by atoms with van der Waals surface area (Å²) in [4.78, 5) is 12.2. The van der Waals surface area contributed by atoms with Crippen molar-refractivity contribution in [3.8, 4) is 0 Å². The minimum Gasteiger partial charge on any atom is -0.348 e. The Morgan fingerprint density at radius 2 is 2.37 bits per heavy atom. The quantitative estimate of drug-likeness (QED) is 0.890. The van der Waals surface area contributed by atoms with Gasteiger partial charge in [0.2, 0.25) is 5.91 Å². The van der Waals surface area contributed by atoms with Gasteiger partial charge >= 0.3 is 0 Å². The van der Waals surface area contributed by atoms with Gasteiger partial charge in [0.1, 0.15) is 0 Å². The van der Waals surface area contributed by atoms with Crippen LogP contribution < -0.4 is 10.6 Å². The van der Waals surface area contributed by atoms with Crippen LogP contribution in [0.25, 0.3) is 0 Å². The van der Waals surface area contributed by atoms with Gasteiger partial charge in [-0.25, -0.2) is 0 Å². The van der Waals surface area contributed by atoms with Crippen molar-refractivity contribution in [1.82, 2.24) is 10.6 Å². The number of piperidine rings is 1. The number of rotatable bonds is 4. The Labute approximate surface area is 119 Å². The number of amides is 1. The van der Waals surface area contributed by atoms with Gasteiger partial charge in [-0.15, -0.1) is 0 Å². The summed E-state index contributed by atoms with van der Waals surface area (Å²) in [5.74, 6) is 0.103. The van der Waals surface area contributed by atoms with Gasteiger partial charge in [0.25, 0.3) is 0 Å². The predicted molar refractivity (Wildman–Crippen MR) is 78.3 cm³/mol. The molecule has 1 aliphatic rings. The van der Waals surface area contributed by atoms with Crippen LogP contribution in [0.3, 0.4) is 0 Å². The summed E-state index contributed by atoms with van der Waals surface area (Å²) in [6, 6.07) is 7.70. The lowest BCUT2D eigenvalue weighted by Crippen LogP contribution is -2.47. The van der Waals surface area contributed by atoms with Crippen LogP contribution in [0, 0.1) is 0 Å². The van der Waals surface area contributed by atoms with Gasteiger partial charge in [-0.1, -0.05) is 37.1 Å². The molecule has 19 heavy (non-hydrogen) atoms. The second kappa shape index (κ2) is 6.92. The van der Waals surface area contributed by atoms with Crippen LogP contribution in [0.2, 0.25) is 5.02 Å². The fraction of sp³-hybridized carbons (Fsp3) is 0.533. The van der Waals surface area contributed by atoms with E-state index in [1.54, 1.807) is 0 Å². The van der Waals surface area contributed by atoms with E-state index in [0.29, 0.717) is 5.02 Å². The molecule has 1 heterocycles. The zero-order valence-electron chi connectivity index (χ0n) is 11.3. The van der Waals surface area contributed by atoms with Crippen molar-refractivity contribution >= 4 is 17.5 Å². The van der Waals surface area contributed by atoms with Crippen molar-refractivity contribution in [2.75, 3.05) is 6.54 Å². The van der Waals surface area contributed by atoms with Crippen LogP contribution >= 0.6 is 11.6 Å². The Morgan fingerprint density at radius 3 is 3.00 bits per heavy atom. The highest BCUT2D eigenvalue weighted by molar-refractivity contribution is 6.30. The number of carbonyl (C=O) groups is 1. The number of halogens is 1. The molecule has 2 N–H and O–H groups in total. The highest BCUT2D eigenvalue weighted by Crippen LogP contribution is 2.20. The standard InChI is InChI=1S/C15H21ClN2O/c1-2-13(11-6-5-7-12(16)10-11)18-15(19)14-8-3-4-9-17-14/h5-7,10,13-14,17H,2-4,8-9H2,1H3,(H,18,19).